The summed E-state index contributed by atoms with van der Waals surface area (Å²) in [5, 5.41) is 13.0. The van der Waals surface area contributed by atoms with Crippen LogP contribution in [0.25, 0.3) is 16.6 Å². The highest BCUT2D eigenvalue weighted by Crippen LogP contribution is 2.24. The predicted molar refractivity (Wildman–Crippen MR) is 84.1 cm³/mol. The zero-order valence-electron chi connectivity index (χ0n) is 12.5. The standard InChI is InChI=1S/C15H18N6O/c1-22-10-13-18-19-14-11-4-2-3-5-12(11)17-15(21(13)14)20-8-6-16-7-9-20/h2-5,16H,6-10H2,1H3. The van der Waals surface area contributed by atoms with Crippen molar-refractivity contribution in [3.63, 3.8) is 0 Å². The Hall–Kier alpha value is -2.25. The van der Waals surface area contributed by atoms with E-state index in [-0.39, 0.29) is 0 Å². The van der Waals surface area contributed by atoms with E-state index in [2.05, 4.69) is 20.4 Å². The highest BCUT2D eigenvalue weighted by Gasteiger charge is 2.20. The molecule has 3 aromatic rings. The largest absolute Gasteiger partial charge is 0.377 e. The summed E-state index contributed by atoms with van der Waals surface area (Å²) in [5.41, 5.74) is 1.78. The average molecular weight is 298 g/mol. The number of piperazine rings is 1. The molecule has 1 saturated heterocycles. The highest BCUT2D eigenvalue weighted by atomic mass is 16.5. The maximum Gasteiger partial charge on any atom is 0.213 e. The Bertz CT molecular complexity index is 808. The van der Waals surface area contributed by atoms with E-state index in [9.17, 15) is 0 Å². The first-order chi connectivity index (χ1) is 10.9. The monoisotopic (exact) mass is 298 g/mol. The van der Waals surface area contributed by atoms with E-state index in [0.717, 1.165) is 54.5 Å². The van der Waals surface area contributed by atoms with Crippen molar-refractivity contribution in [2.75, 3.05) is 38.2 Å². The second kappa shape index (κ2) is 5.51. The van der Waals surface area contributed by atoms with Gasteiger partial charge in [0.05, 0.1) is 5.52 Å². The fourth-order valence-electron chi connectivity index (χ4n) is 2.92. The molecule has 1 aliphatic rings. The van der Waals surface area contributed by atoms with Gasteiger partial charge in [0.25, 0.3) is 0 Å². The fraction of sp³-hybridized carbons (Fsp3) is 0.400. The summed E-state index contributed by atoms with van der Waals surface area (Å²) in [5.74, 6) is 1.68. The van der Waals surface area contributed by atoms with Gasteiger partial charge < -0.3 is 15.0 Å². The molecule has 1 N–H and O–H groups in total. The summed E-state index contributed by atoms with van der Waals surface area (Å²) in [4.78, 5) is 7.14. The normalized spacial score (nSPS) is 15.8. The van der Waals surface area contributed by atoms with E-state index < -0.39 is 0 Å². The Morgan fingerprint density at radius 3 is 2.82 bits per heavy atom. The molecule has 114 valence electrons. The third kappa shape index (κ3) is 2.10. The minimum Gasteiger partial charge on any atom is -0.377 e. The molecule has 0 saturated carbocycles. The molecule has 0 aliphatic carbocycles. The topological polar surface area (TPSA) is 67.6 Å². The Balaban J connectivity index is 1.99. The van der Waals surface area contributed by atoms with Crippen molar-refractivity contribution in [1.82, 2.24) is 24.9 Å². The fourth-order valence-corrected chi connectivity index (χ4v) is 2.92. The Kier molecular flexibility index (Phi) is 3.36. The third-order valence-electron chi connectivity index (χ3n) is 3.97. The zero-order valence-corrected chi connectivity index (χ0v) is 12.5. The maximum atomic E-state index is 5.27. The van der Waals surface area contributed by atoms with Gasteiger partial charge in [-0.2, -0.15) is 0 Å². The molecule has 1 fully saturated rings. The summed E-state index contributed by atoms with van der Waals surface area (Å²) in [6, 6.07) is 8.05. The van der Waals surface area contributed by atoms with Crippen LogP contribution < -0.4 is 10.2 Å². The van der Waals surface area contributed by atoms with Gasteiger partial charge in [-0.3, -0.25) is 0 Å². The molecule has 1 aromatic carbocycles. The van der Waals surface area contributed by atoms with Gasteiger partial charge in [0.1, 0.15) is 6.61 Å². The number of rotatable bonds is 3. The van der Waals surface area contributed by atoms with Gasteiger partial charge in [0.2, 0.25) is 5.95 Å². The van der Waals surface area contributed by atoms with Crippen LogP contribution in [0, 0.1) is 0 Å². The number of hydrogen-bond acceptors (Lipinski definition) is 6. The number of hydrogen-bond donors (Lipinski definition) is 1. The van der Waals surface area contributed by atoms with Crippen LogP contribution in [0.1, 0.15) is 5.82 Å². The lowest BCUT2D eigenvalue weighted by atomic mass is 10.2. The molecular weight excluding hydrogens is 280 g/mol. The smallest absolute Gasteiger partial charge is 0.213 e. The number of fused-ring (bicyclic) bond motifs is 3. The van der Waals surface area contributed by atoms with Crippen LogP contribution in [0.15, 0.2) is 24.3 Å². The lowest BCUT2D eigenvalue weighted by molar-refractivity contribution is 0.177. The minimum atomic E-state index is 0.417. The lowest BCUT2D eigenvalue weighted by Crippen LogP contribution is -2.44. The van der Waals surface area contributed by atoms with Gasteiger partial charge in [-0.15, -0.1) is 10.2 Å². The molecule has 0 radical (unpaired) electrons. The van der Waals surface area contributed by atoms with Crippen molar-refractivity contribution in [1.29, 1.82) is 0 Å². The van der Waals surface area contributed by atoms with E-state index >= 15 is 0 Å². The second-order valence-electron chi connectivity index (χ2n) is 5.37. The SMILES string of the molecule is COCc1nnc2c3ccccc3nc(N3CCNCC3)n12. The van der Waals surface area contributed by atoms with Crippen molar-refractivity contribution in [3.8, 4) is 0 Å². The maximum absolute atomic E-state index is 5.27. The van der Waals surface area contributed by atoms with Gasteiger partial charge in [0.15, 0.2) is 11.5 Å². The zero-order chi connectivity index (χ0) is 14.9. The first-order valence-corrected chi connectivity index (χ1v) is 7.46. The van der Waals surface area contributed by atoms with Gasteiger partial charge in [0, 0.05) is 38.7 Å². The summed E-state index contributed by atoms with van der Waals surface area (Å²) in [6.07, 6.45) is 0. The molecule has 0 spiro atoms. The highest BCUT2D eigenvalue weighted by molar-refractivity contribution is 5.92. The van der Waals surface area contributed by atoms with E-state index in [1.165, 1.54) is 0 Å². The van der Waals surface area contributed by atoms with Gasteiger partial charge in [-0.25, -0.2) is 9.38 Å². The van der Waals surface area contributed by atoms with Gasteiger partial charge in [-0.1, -0.05) is 12.1 Å². The number of nitrogens with zero attached hydrogens (tertiary/aromatic N) is 5. The number of aromatic nitrogens is 4. The molecule has 7 heteroatoms. The molecule has 0 atom stereocenters. The molecule has 3 heterocycles. The van der Waals surface area contributed by atoms with E-state index in [4.69, 9.17) is 9.72 Å². The van der Waals surface area contributed by atoms with Crippen LogP contribution >= 0.6 is 0 Å². The first kappa shape index (κ1) is 13.4. The summed E-state index contributed by atoms with van der Waals surface area (Å²) in [6.45, 7) is 4.17. The van der Waals surface area contributed by atoms with Crippen LogP contribution in [0.2, 0.25) is 0 Å². The molecule has 1 aliphatic heterocycles. The van der Waals surface area contributed by atoms with Crippen molar-refractivity contribution in [3.05, 3.63) is 30.1 Å². The van der Waals surface area contributed by atoms with Crippen LogP contribution in [-0.2, 0) is 11.3 Å². The summed E-state index contributed by atoms with van der Waals surface area (Å²) >= 11 is 0. The number of para-hydroxylation sites is 1. The van der Waals surface area contributed by atoms with E-state index in [1.54, 1.807) is 7.11 Å². The summed E-state index contributed by atoms with van der Waals surface area (Å²) < 4.78 is 7.29. The Morgan fingerprint density at radius 2 is 2.00 bits per heavy atom. The summed E-state index contributed by atoms with van der Waals surface area (Å²) in [7, 11) is 1.67. The quantitative estimate of drug-likeness (QED) is 0.772. The first-order valence-electron chi connectivity index (χ1n) is 7.46. The van der Waals surface area contributed by atoms with Crippen LogP contribution in [0.5, 0.6) is 0 Å². The molecule has 0 unspecified atom stereocenters. The molecule has 0 bridgehead atoms. The van der Waals surface area contributed by atoms with Crippen LogP contribution in [0.3, 0.4) is 0 Å². The number of anilines is 1. The molecule has 0 amide bonds. The van der Waals surface area contributed by atoms with Crippen molar-refractivity contribution < 1.29 is 4.74 Å². The number of nitrogens with one attached hydrogen (secondary N) is 1. The number of methoxy groups -OCH3 is 1. The second-order valence-corrected chi connectivity index (χ2v) is 5.37. The third-order valence-corrected chi connectivity index (χ3v) is 3.97. The molecule has 2 aromatic heterocycles. The molecule has 4 rings (SSSR count). The lowest BCUT2D eigenvalue weighted by Gasteiger charge is -2.29. The van der Waals surface area contributed by atoms with Crippen LogP contribution in [-0.4, -0.2) is 52.9 Å². The van der Waals surface area contributed by atoms with E-state index in [1.807, 2.05) is 28.7 Å². The minimum absolute atomic E-state index is 0.417. The molecule has 22 heavy (non-hydrogen) atoms. The number of ether oxygens (including phenoxy) is 1. The van der Waals surface area contributed by atoms with Crippen molar-refractivity contribution in [2.45, 2.75) is 6.61 Å². The van der Waals surface area contributed by atoms with Gasteiger partial charge in [-0.05, 0) is 12.1 Å². The Labute approximate surface area is 127 Å². The predicted octanol–water partition coefficient (Wildman–Crippen LogP) is 0.833. The van der Waals surface area contributed by atoms with Crippen molar-refractivity contribution >= 4 is 22.5 Å². The van der Waals surface area contributed by atoms with Gasteiger partial charge >= 0.3 is 0 Å². The number of benzene rings is 1. The molecular formula is C15H18N6O. The van der Waals surface area contributed by atoms with E-state index in [0.29, 0.717) is 6.61 Å². The Morgan fingerprint density at radius 1 is 1.18 bits per heavy atom. The van der Waals surface area contributed by atoms with Crippen molar-refractivity contribution in [2.24, 2.45) is 0 Å². The average Bonchev–Trinajstić information content (AvgIpc) is 3.00. The van der Waals surface area contributed by atoms with Crippen LogP contribution in [0.4, 0.5) is 5.95 Å². The molecule has 7 nitrogen and oxygen atoms in total.